The molecule has 2 aliphatic rings. The van der Waals surface area contributed by atoms with Crippen LogP contribution in [-0.4, -0.2) is 5.84 Å². The van der Waals surface area contributed by atoms with Crippen LogP contribution in [0.4, 0.5) is 5.69 Å². The predicted octanol–water partition coefficient (Wildman–Crippen LogP) is 4.33. The van der Waals surface area contributed by atoms with Gasteiger partial charge in [-0.25, -0.2) is 4.99 Å². The number of nitrogens with zero attached hydrogens (tertiary/aromatic N) is 1. The van der Waals surface area contributed by atoms with E-state index in [9.17, 15) is 0 Å². The zero-order valence-corrected chi connectivity index (χ0v) is 15.0. The molecule has 1 atom stereocenters. The smallest absolute Gasteiger partial charge is 0.161 e. The average Bonchev–Trinajstić information content (AvgIpc) is 2.69. The van der Waals surface area contributed by atoms with Crippen LogP contribution in [0.3, 0.4) is 0 Å². The van der Waals surface area contributed by atoms with E-state index in [0.717, 1.165) is 24.4 Å². The zero-order valence-electron chi connectivity index (χ0n) is 15.0. The zero-order chi connectivity index (χ0) is 17.8. The number of benzene rings is 2. The van der Waals surface area contributed by atoms with E-state index in [1.807, 2.05) is 30.3 Å². The Labute approximate surface area is 155 Å². The standard InChI is InChI=1S/C22H26N4/c23-20-16-21(24-19-14-8-3-9-15-19)26-22(25-20,17-10-4-1-5-11-17)18-12-6-2-7-13-18/h1,3-5,8-11,14-16,18,24,26H,2,6-7,12-13H2,(H2,23,25). The number of para-hydroxylation sites is 1. The Morgan fingerprint density at radius 1 is 0.923 bits per heavy atom. The van der Waals surface area contributed by atoms with E-state index < -0.39 is 5.66 Å². The van der Waals surface area contributed by atoms with Gasteiger partial charge in [-0.2, -0.15) is 0 Å². The number of nitrogens with two attached hydrogens (primary N) is 1. The van der Waals surface area contributed by atoms with E-state index in [1.54, 1.807) is 0 Å². The van der Waals surface area contributed by atoms with Crippen molar-refractivity contribution in [3.63, 3.8) is 0 Å². The van der Waals surface area contributed by atoms with Gasteiger partial charge in [0, 0.05) is 17.7 Å². The first-order chi connectivity index (χ1) is 12.8. The third-order valence-electron chi connectivity index (χ3n) is 5.39. The summed E-state index contributed by atoms with van der Waals surface area (Å²) in [5.74, 6) is 1.90. The largest absolute Gasteiger partial charge is 0.384 e. The first-order valence-corrected chi connectivity index (χ1v) is 9.49. The third kappa shape index (κ3) is 3.32. The van der Waals surface area contributed by atoms with Crippen molar-refractivity contribution in [3.8, 4) is 0 Å². The molecule has 0 saturated heterocycles. The van der Waals surface area contributed by atoms with Crippen LogP contribution >= 0.6 is 0 Å². The van der Waals surface area contributed by atoms with Crippen molar-refractivity contribution in [2.45, 2.75) is 37.8 Å². The molecule has 0 radical (unpaired) electrons. The summed E-state index contributed by atoms with van der Waals surface area (Å²) in [6, 6.07) is 20.7. The molecule has 1 fully saturated rings. The first kappa shape index (κ1) is 16.7. The summed E-state index contributed by atoms with van der Waals surface area (Å²) in [4.78, 5) is 4.97. The molecule has 0 aromatic heterocycles. The maximum Gasteiger partial charge on any atom is 0.161 e. The van der Waals surface area contributed by atoms with Crippen LogP contribution in [-0.2, 0) is 5.66 Å². The van der Waals surface area contributed by atoms with E-state index in [4.69, 9.17) is 10.7 Å². The SMILES string of the molecule is NC1=NC(c2ccccc2)(C2CCCCC2)NC(Nc2ccccc2)=C1. The Balaban J connectivity index is 1.71. The molecule has 2 aromatic rings. The molecule has 4 heteroatoms. The Morgan fingerprint density at radius 2 is 1.58 bits per heavy atom. The number of aliphatic imine (C=N–C) groups is 1. The maximum atomic E-state index is 6.29. The molecule has 1 aliphatic heterocycles. The summed E-state index contributed by atoms with van der Waals surface area (Å²) >= 11 is 0. The van der Waals surface area contributed by atoms with E-state index in [1.165, 1.54) is 24.8 Å². The van der Waals surface area contributed by atoms with Crippen LogP contribution in [0.1, 0.15) is 37.7 Å². The number of amidine groups is 1. The summed E-state index contributed by atoms with van der Waals surface area (Å²) < 4.78 is 0. The number of anilines is 1. The summed E-state index contributed by atoms with van der Waals surface area (Å²) in [6.45, 7) is 0. The lowest BCUT2D eigenvalue weighted by Gasteiger charge is -2.43. The van der Waals surface area contributed by atoms with Gasteiger partial charge in [-0.3, -0.25) is 0 Å². The van der Waals surface area contributed by atoms with Gasteiger partial charge in [0.1, 0.15) is 11.7 Å². The van der Waals surface area contributed by atoms with Gasteiger partial charge in [0.2, 0.25) is 0 Å². The second-order valence-electron chi connectivity index (χ2n) is 7.18. The number of nitrogens with one attached hydrogen (secondary N) is 2. The molecular formula is C22H26N4. The van der Waals surface area contributed by atoms with Crippen molar-refractivity contribution in [3.05, 3.63) is 78.1 Å². The lowest BCUT2D eigenvalue weighted by atomic mass is 9.76. The molecule has 1 heterocycles. The fraction of sp³-hybridized carbons (Fsp3) is 0.318. The van der Waals surface area contributed by atoms with Crippen LogP contribution in [0, 0.1) is 5.92 Å². The Kier molecular flexibility index (Phi) is 4.65. The molecule has 0 amide bonds. The predicted molar refractivity (Wildman–Crippen MR) is 108 cm³/mol. The average molecular weight is 346 g/mol. The van der Waals surface area contributed by atoms with Crippen molar-refractivity contribution in [2.24, 2.45) is 16.6 Å². The highest BCUT2D eigenvalue weighted by atomic mass is 15.3. The van der Waals surface area contributed by atoms with Gasteiger partial charge in [-0.15, -0.1) is 0 Å². The van der Waals surface area contributed by atoms with Gasteiger partial charge in [-0.05, 0) is 30.5 Å². The molecular weight excluding hydrogens is 320 g/mol. The van der Waals surface area contributed by atoms with Crippen LogP contribution in [0.2, 0.25) is 0 Å². The fourth-order valence-electron chi connectivity index (χ4n) is 4.18. The molecule has 134 valence electrons. The number of hydrogen-bond donors (Lipinski definition) is 3. The highest BCUT2D eigenvalue weighted by Gasteiger charge is 2.42. The van der Waals surface area contributed by atoms with Gasteiger partial charge >= 0.3 is 0 Å². The van der Waals surface area contributed by atoms with Gasteiger partial charge in [0.15, 0.2) is 5.66 Å². The van der Waals surface area contributed by atoms with Gasteiger partial charge in [-0.1, -0.05) is 67.8 Å². The topological polar surface area (TPSA) is 62.4 Å². The van der Waals surface area contributed by atoms with Crippen LogP contribution in [0.5, 0.6) is 0 Å². The minimum Gasteiger partial charge on any atom is -0.384 e. The van der Waals surface area contributed by atoms with E-state index >= 15 is 0 Å². The number of rotatable bonds is 4. The van der Waals surface area contributed by atoms with Crippen molar-refractivity contribution in [1.82, 2.24) is 5.32 Å². The molecule has 0 bridgehead atoms. The molecule has 1 unspecified atom stereocenters. The van der Waals surface area contributed by atoms with Crippen LogP contribution in [0.15, 0.2) is 77.6 Å². The summed E-state index contributed by atoms with van der Waals surface area (Å²) in [6.07, 6.45) is 8.03. The Morgan fingerprint density at radius 3 is 2.27 bits per heavy atom. The second kappa shape index (κ2) is 7.24. The van der Waals surface area contributed by atoms with E-state index in [0.29, 0.717) is 11.8 Å². The van der Waals surface area contributed by atoms with Crippen molar-refractivity contribution >= 4 is 11.5 Å². The second-order valence-corrected chi connectivity index (χ2v) is 7.18. The lowest BCUT2D eigenvalue weighted by Crippen LogP contribution is -2.51. The summed E-state index contributed by atoms with van der Waals surface area (Å²) in [5.41, 5.74) is 8.00. The van der Waals surface area contributed by atoms with E-state index in [2.05, 4.69) is 47.0 Å². The summed E-state index contributed by atoms with van der Waals surface area (Å²) in [5, 5.41) is 7.18. The van der Waals surface area contributed by atoms with Crippen LogP contribution in [0.25, 0.3) is 0 Å². The number of hydrogen-bond acceptors (Lipinski definition) is 4. The van der Waals surface area contributed by atoms with Gasteiger partial charge < -0.3 is 16.4 Å². The minimum absolute atomic E-state index is 0.429. The maximum absolute atomic E-state index is 6.29. The molecule has 4 nitrogen and oxygen atoms in total. The molecule has 1 aliphatic carbocycles. The van der Waals surface area contributed by atoms with Crippen molar-refractivity contribution < 1.29 is 0 Å². The quantitative estimate of drug-likeness (QED) is 0.772. The monoisotopic (exact) mass is 346 g/mol. The Hall–Kier alpha value is -2.75. The van der Waals surface area contributed by atoms with Crippen molar-refractivity contribution in [1.29, 1.82) is 0 Å². The molecule has 1 saturated carbocycles. The van der Waals surface area contributed by atoms with Gasteiger partial charge in [0.05, 0.1) is 0 Å². The summed E-state index contributed by atoms with van der Waals surface area (Å²) in [7, 11) is 0. The molecule has 4 N–H and O–H groups in total. The normalized spacial score (nSPS) is 23.5. The first-order valence-electron chi connectivity index (χ1n) is 9.49. The highest BCUT2D eigenvalue weighted by molar-refractivity contribution is 5.93. The Bertz CT molecular complexity index is 791. The van der Waals surface area contributed by atoms with Crippen molar-refractivity contribution in [2.75, 3.05) is 5.32 Å². The highest BCUT2D eigenvalue weighted by Crippen LogP contribution is 2.42. The molecule has 26 heavy (non-hydrogen) atoms. The molecule has 2 aromatic carbocycles. The van der Waals surface area contributed by atoms with Gasteiger partial charge in [0.25, 0.3) is 0 Å². The molecule has 0 spiro atoms. The fourth-order valence-corrected chi connectivity index (χ4v) is 4.18. The third-order valence-corrected chi connectivity index (χ3v) is 5.39. The van der Waals surface area contributed by atoms with Crippen LogP contribution < -0.4 is 16.4 Å². The van der Waals surface area contributed by atoms with E-state index in [-0.39, 0.29) is 0 Å². The minimum atomic E-state index is -0.502. The molecule has 4 rings (SSSR count). The lowest BCUT2D eigenvalue weighted by molar-refractivity contribution is 0.179.